The Morgan fingerprint density at radius 2 is 1.89 bits per heavy atom. The van der Waals surface area contributed by atoms with Gasteiger partial charge in [-0.1, -0.05) is 28.1 Å². The van der Waals surface area contributed by atoms with Gasteiger partial charge in [0.2, 0.25) is 15.9 Å². The fourth-order valence-corrected chi connectivity index (χ4v) is 2.16. The highest BCUT2D eigenvalue weighted by Gasteiger charge is 2.05. The van der Waals surface area contributed by atoms with Gasteiger partial charge in [-0.05, 0) is 24.1 Å². The highest BCUT2D eigenvalue weighted by Crippen LogP contribution is 2.10. The largest absolute Gasteiger partial charge is 0.356 e. The summed E-state index contributed by atoms with van der Waals surface area (Å²) < 4.78 is 22.3. The minimum absolute atomic E-state index is 0.119. The van der Waals surface area contributed by atoms with Crippen molar-refractivity contribution in [3.8, 4) is 0 Å². The fraction of sp³-hybridized carbons (Fsp3) is 0.364. The van der Waals surface area contributed by atoms with Crippen molar-refractivity contribution in [1.82, 2.24) is 5.32 Å². The first-order chi connectivity index (χ1) is 8.37. The van der Waals surface area contributed by atoms with Gasteiger partial charge in [0.15, 0.2) is 0 Å². The Labute approximate surface area is 115 Å². The molecule has 100 valence electrons. The number of carbonyl (C=O) groups is 1. The third-order valence-corrected chi connectivity index (χ3v) is 3.59. The smallest absolute Gasteiger partial charge is 0.224 e. The maximum atomic E-state index is 11.5. The molecule has 1 aromatic rings. The molecular formula is C11H15BrN2O3S. The van der Waals surface area contributed by atoms with Gasteiger partial charge in [-0.15, -0.1) is 0 Å². The van der Waals surface area contributed by atoms with Gasteiger partial charge in [-0.2, -0.15) is 0 Å². The number of hydrogen-bond donors (Lipinski definition) is 2. The number of nitrogens with two attached hydrogens (primary N) is 1. The highest BCUT2D eigenvalue weighted by molar-refractivity contribution is 9.10. The predicted octanol–water partition coefficient (Wildman–Crippen LogP) is 0.786. The van der Waals surface area contributed by atoms with E-state index in [1.54, 1.807) is 0 Å². The van der Waals surface area contributed by atoms with Gasteiger partial charge in [-0.3, -0.25) is 4.79 Å². The van der Waals surface area contributed by atoms with Crippen molar-refractivity contribution < 1.29 is 13.2 Å². The summed E-state index contributed by atoms with van der Waals surface area (Å²) in [7, 11) is -3.44. The first-order valence-electron chi connectivity index (χ1n) is 5.38. The molecule has 0 aliphatic carbocycles. The molecule has 0 aliphatic rings. The number of halogens is 1. The van der Waals surface area contributed by atoms with Crippen molar-refractivity contribution in [2.24, 2.45) is 5.14 Å². The van der Waals surface area contributed by atoms with E-state index in [1.807, 2.05) is 24.3 Å². The van der Waals surface area contributed by atoms with E-state index < -0.39 is 10.0 Å². The average molecular weight is 335 g/mol. The summed E-state index contributed by atoms with van der Waals surface area (Å²) in [4.78, 5) is 11.5. The van der Waals surface area contributed by atoms with Gasteiger partial charge in [0.1, 0.15) is 0 Å². The van der Waals surface area contributed by atoms with Crippen LogP contribution in [0.3, 0.4) is 0 Å². The van der Waals surface area contributed by atoms with Crippen molar-refractivity contribution in [2.45, 2.75) is 12.8 Å². The molecule has 0 saturated carbocycles. The number of rotatable bonds is 6. The third-order valence-electron chi connectivity index (χ3n) is 2.21. The molecule has 0 unspecified atom stereocenters. The zero-order chi connectivity index (χ0) is 13.6. The average Bonchev–Trinajstić information content (AvgIpc) is 2.26. The van der Waals surface area contributed by atoms with Crippen LogP contribution >= 0.6 is 15.9 Å². The van der Waals surface area contributed by atoms with Crippen LogP contribution in [0.1, 0.15) is 12.0 Å². The Morgan fingerprint density at radius 3 is 2.44 bits per heavy atom. The molecule has 3 N–H and O–H groups in total. The molecule has 0 aliphatic heterocycles. The van der Waals surface area contributed by atoms with Crippen molar-refractivity contribution in [3.05, 3.63) is 34.3 Å². The molecule has 1 rings (SSSR count). The van der Waals surface area contributed by atoms with Crippen molar-refractivity contribution in [3.63, 3.8) is 0 Å². The molecule has 7 heteroatoms. The van der Waals surface area contributed by atoms with E-state index in [0.29, 0.717) is 13.0 Å². The number of hydrogen-bond acceptors (Lipinski definition) is 3. The number of amides is 1. The van der Waals surface area contributed by atoms with Crippen molar-refractivity contribution in [1.29, 1.82) is 0 Å². The second-order valence-electron chi connectivity index (χ2n) is 3.87. The summed E-state index contributed by atoms with van der Waals surface area (Å²) >= 11 is 3.31. The minimum Gasteiger partial charge on any atom is -0.356 e. The highest BCUT2D eigenvalue weighted by atomic mass is 79.9. The van der Waals surface area contributed by atoms with Crippen LogP contribution in [0.15, 0.2) is 28.7 Å². The Kier molecular flexibility index (Phi) is 5.77. The Balaban J connectivity index is 2.28. The van der Waals surface area contributed by atoms with Gasteiger partial charge < -0.3 is 5.32 Å². The predicted molar refractivity (Wildman–Crippen MR) is 73.4 cm³/mol. The lowest BCUT2D eigenvalue weighted by atomic mass is 10.1. The molecule has 0 aromatic heterocycles. The van der Waals surface area contributed by atoms with Crippen LogP contribution in [0.25, 0.3) is 0 Å². The molecule has 18 heavy (non-hydrogen) atoms. The van der Waals surface area contributed by atoms with Crippen LogP contribution in [0, 0.1) is 0 Å². The maximum absolute atomic E-state index is 11.5. The van der Waals surface area contributed by atoms with E-state index in [-0.39, 0.29) is 18.1 Å². The number of nitrogens with one attached hydrogen (secondary N) is 1. The maximum Gasteiger partial charge on any atom is 0.224 e. The van der Waals surface area contributed by atoms with E-state index in [9.17, 15) is 13.2 Å². The quantitative estimate of drug-likeness (QED) is 0.753. The lowest BCUT2D eigenvalue weighted by molar-refractivity contribution is -0.120. The first-order valence-corrected chi connectivity index (χ1v) is 7.89. The second-order valence-corrected chi connectivity index (χ2v) is 6.52. The molecule has 0 atom stereocenters. The molecule has 0 radical (unpaired) electrons. The van der Waals surface area contributed by atoms with Crippen LogP contribution in [-0.4, -0.2) is 26.6 Å². The van der Waals surface area contributed by atoms with Crippen LogP contribution < -0.4 is 10.5 Å². The summed E-state index contributed by atoms with van der Waals surface area (Å²) in [6.07, 6.45) is 0.605. The molecule has 0 heterocycles. The lowest BCUT2D eigenvalue weighted by Gasteiger charge is -2.05. The fourth-order valence-electron chi connectivity index (χ4n) is 1.35. The van der Waals surface area contributed by atoms with Gasteiger partial charge >= 0.3 is 0 Å². The van der Waals surface area contributed by atoms with Gasteiger partial charge in [-0.25, -0.2) is 13.6 Å². The van der Waals surface area contributed by atoms with Crippen LogP contribution in [-0.2, 0) is 21.2 Å². The number of carbonyl (C=O) groups excluding carboxylic acids is 1. The monoisotopic (exact) mass is 334 g/mol. The number of sulfonamides is 1. The minimum atomic E-state index is -3.44. The Morgan fingerprint density at radius 1 is 1.28 bits per heavy atom. The number of benzene rings is 1. The van der Waals surface area contributed by atoms with E-state index in [0.717, 1.165) is 10.0 Å². The molecule has 1 amide bonds. The topological polar surface area (TPSA) is 89.3 Å². The number of primary sulfonamides is 1. The summed E-state index contributed by atoms with van der Waals surface area (Å²) in [5.74, 6) is -0.252. The Hall–Kier alpha value is -0.920. The van der Waals surface area contributed by atoms with Crippen LogP contribution in [0.4, 0.5) is 0 Å². The van der Waals surface area contributed by atoms with Crippen molar-refractivity contribution in [2.75, 3.05) is 12.3 Å². The van der Waals surface area contributed by atoms with E-state index in [1.165, 1.54) is 0 Å². The summed E-state index contributed by atoms with van der Waals surface area (Å²) in [6, 6.07) is 7.44. The van der Waals surface area contributed by atoms with E-state index in [4.69, 9.17) is 5.14 Å². The standard InChI is InChI=1S/C11H15BrN2O3S/c12-10-4-2-9(3-5-10)8-11(15)14-6-1-7-18(13,16)17/h2-5H,1,6-8H2,(H,14,15)(H2,13,16,17). The molecule has 0 fully saturated rings. The molecule has 0 spiro atoms. The molecule has 5 nitrogen and oxygen atoms in total. The second kappa shape index (κ2) is 6.86. The zero-order valence-electron chi connectivity index (χ0n) is 9.73. The molecular weight excluding hydrogens is 320 g/mol. The van der Waals surface area contributed by atoms with Crippen LogP contribution in [0.5, 0.6) is 0 Å². The summed E-state index contributed by atoms with van der Waals surface area (Å²) in [6.45, 7) is 0.311. The molecule has 0 saturated heterocycles. The van der Waals surface area contributed by atoms with E-state index in [2.05, 4.69) is 21.2 Å². The summed E-state index contributed by atoms with van der Waals surface area (Å²) in [5.41, 5.74) is 0.905. The van der Waals surface area contributed by atoms with Gasteiger partial charge in [0.05, 0.1) is 12.2 Å². The molecule has 1 aromatic carbocycles. The van der Waals surface area contributed by atoms with Gasteiger partial charge in [0, 0.05) is 11.0 Å². The SMILES string of the molecule is NS(=O)(=O)CCCNC(=O)Cc1ccc(Br)cc1. The van der Waals surface area contributed by atoms with Crippen LogP contribution in [0.2, 0.25) is 0 Å². The van der Waals surface area contributed by atoms with Gasteiger partial charge in [0.25, 0.3) is 0 Å². The molecule has 0 bridgehead atoms. The lowest BCUT2D eigenvalue weighted by Crippen LogP contribution is -2.28. The summed E-state index contributed by atoms with van der Waals surface area (Å²) in [5, 5.41) is 7.49. The zero-order valence-corrected chi connectivity index (χ0v) is 12.1. The normalized spacial score (nSPS) is 11.2. The first kappa shape index (κ1) is 15.1. The van der Waals surface area contributed by atoms with E-state index >= 15 is 0 Å². The third kappa shape index (κ3) is 6.73. The Bertz CT molecular complexity index is 500. The van der Waals surface area contributed by atoms with Crippen molar-refractivity contribution >= 4 is 31.9 Å².